The summed E-state index contributed by atoms with van der Waals surface area (Å²) in [6.07, 6.45) is 3.48. The van der Waals surface area contributed by atoms with E-state index in [0.717, 1.165) is 58.6 Å². The predicted molar refractivity (Wildman–Crippen MR) is 157 cm³/mol. The van der Waals surface area contributed by atoms with Gasteiger partial charge in [-0.25, -0.2) is 4.98 Å². The summed E-state index contributed by atoms with van der Waals surface area (Å²) in [6, 6.07) is 21.6. The van der Waals surface area contributed by atoms with Crippen molar-refractivity contribution in [3.05, 3.63) is 94.8 Å². The molecular formula is C30H36N6OS. The second-order valence-corrected chi connectivity index (χ2v) is 9.97. The van der Waals surface area contributed by atoms with E-state index in [1.165, 1.54) is 0 Å². The second-order valence-electron chi connectivity index (χ2n) is 9.49. The fourth-order valence-corrected chi connectivity index (χ4v) is 4.84. The third-order valence-electron chi connectivity index (χ3n) is 6.76. The maximum atomic E-state index is 13.3. The highest BCUT2D eigenvalue weighted by molar-refractivity contribution is 7.80. The van der Waals surface area contributed by atoms with Crippen LogP contribution in [-0.2, 0) is 19.4 Å². The maximum Gasteiger partial charge on any atom is 0.253 e. The number of aromatic nitrogens is 2. The number of carbonyl (C=O) groups is 1. The molecule has 0 atom stereocenters. The van der Waals surface area contributed by atoms with Crippen molar-refractivity contribution in [1.29, 1.82) is 5.41 Å². The molecule has 198 valence electrons. The minimum atomic E-state index is -0.00633. The Balaban J connectivity index is 1.67. The summed E-state index contributed by atoms with van der Waals surface area (Å²) in [5, 5.41) is 7.61. The van der Waals surface area contributed by atoms with E-state index in [9.17, 15) is 4.79 Å². The molecule has 0 spiro atoms. The number of hydrogen-bond donors (Lipinski definition) is 4. The summed E-state index contributed by atoms with van der Waals surface area (Å²) >= 11 is 4.66. The monoisotopic (exact) mass is 528 g/mol. The number of amidine groups is 1. The van der Waals surface area contributed by atoms with Crippen LogP contribution < -0.4 is 11.5 Å². The fourth-order valence-electron chi connectivity index (χ4n) is 4.60. The van der Waals surface area contributed by atoms with Crippen LogP contribution >= 0.6 is 12.6 Å². The van der Waals surface area contributed by atoms with Crippen LogP contribution in [0.15, 0.2) is 71.6 Å². The lowest BCUT2D eigenvalue weighted by Gasteiger charge is -2.22. The molecule has 0 bridgehead atoms. The lowest BCUT2D eigenvalue weighted by atomic mass is 10.1. The molecule has 0 saturated carbocycles. The van der Waals surface area contributed by atoms with Crippen LogP contribution in [-0.4, -0.2) is 45.8 Å². The van der Waals surface area contributed by atoms with Crippen molar-refractivity contribution in [1.82, 2.24) is 14.5 Å². The number of nitrogens with two attached hydrogens (primary N) is 2. The lowest BCUT2D eigenvalue weighted by molar-refractivity contribution is 0.0758. The second kappa shape index (κ2) is 12.8. The number of unbranched alkanes of at least 4 members (excludes halogenated alkanes) is 1. The molecule has 0 aliphatic heterocycles. The molecule has 0 unspecified atom stereocenters. The molecule has 0 radical (unpaired) electrons. The number of thiol groups is 1. The van der Waals surface area contributed by atoms with Gasteiger partial charge in [0.05, 0.1) is 17.6 Å². The number of nitrogens with zero attached hydrogens (tertiary/aromatic N) is 3. The third-order valence-corrected chi connectivity index (χ3v) is 7.20. The highest BCUT2D eigenvalue weighted by atomic mass is 32.1. The third kappa shape index (κ3) is 6.44. The first-order chi connectivity index (χ1) is 18.4. The predicted octanol–water partition coefficient (Wildman–Crippen LogP) is 4.64. The summed E-state index contributed by atoms with van der Waals surface area (Å²) in [6.45, 7) is 4.43. The normalized spacial score (nSPS) is 11.1. The van der Waals surface area contributed by atoms with Gasteiger partial charge in [-0.15, -0.1) is 12.6 Å². The van der Waals surface area contributed by atoms with Crippen molar-refractivity contribution in [2.24, 2.45) is 11.5 Å². The van der Waals surface area contributed by atoms with Crippen molar-refractivity contribution in [2.75, 3.05) is 19.6 Å². The van der Waals surface area contributed by atoms with E-state index in [1.54, 1.807) is 0 Å². The average molecular weight is 529 g/mol. The summed E-state index contributed by atoms with van der Waals surface area (Å²) in [4.78, 5) is 21.1. The molecule has 0 saturated heterocycles. The molecule has 38 heavy (non-hydrogen) atoms. The van der Waals surface area contributed by atoms with E-state index in [0.29, 0.717) is 37.3 Å². The van der Waals surface area contributed by atoms with Crippen molar-refractivity contribution < 1.29 is 4.79 Å². The van der Waals surface area contributed by atoms with Crippen molar-refractivity contribution in [3.63, 3.8) is 0 Å². The Hall–Kier alpha value is -3.62. The van der Waals surface area contributed by atoms with E-state index in [1.807, 2.05) is 65.6 Å². The molecule has 0 aliphatic rings. The number of imidazole rings is 1. The smallest absolute Gasteiger partial charge is 0.253 e. The molecule has 5 N–H and O–H groups in total. The number of carbonyl (C=O) groups excluding carboxylic acids is 1. The first kappa shape index (κ1) is 27.4. The quantitative estimate of drug-likeness (QED) is 0.122. The topological polar surface area (TPSA) is 114 Å². The Kier molecular flexibility index (Phi) is 9.20. The van der Waals surface area contributed by atoms with Crippen LogP contribution in [0.25, 0.3) is 11.0 Å². The summed E-state index contributed by atoms with van der Waals surface area (Å²) in [5.74, 6) is 1.00. The number of nitrogens with one attached hydrogen (secondary N) is 1. The minimum Gasteiger partial charge on any atom is -0.384 e. The molecular weight excluding hydrogens is 492 g/mol. The maximum absolute atomic E-state index is 13.3. The zero-order chi connectivity index (χ0) is 27.1. The molecule has 1 heterocycles. The van der Waals surface area contributed by atoms with E-state index >= 15 is 0 Å². The Morgan fingerprint density at radius 1 is 1.03 bits per heavy atom. The molecule has 0 aliphatic carbocycles. The van der Waals surface area contributed by atoms with Gasteiger partial charge in [-0.2, -0.15) is 0 Å². The largest absolute Gasteiger partial charge is 0.384 e. The molecule has 1 aromatic heterocycles. The van der Waals surface area contributed by atoms with Gasteiger partial charge in [0.2, 0.25) is 0 Å². The number of nitrogen functional groups attached to an aromatic ring is 1. The lowest BCUT2D eigenvalue weighted by Crippen LogP contribution is -2.36. The Morgan fingerprint density at radius 3 is 2.45 bits per heavy atom. The molecule has 4 aromatic rings. The Labute approximate surface area is 229 Å². The zero-order valence-corrected chi connectivity index (χ0v) is 22.8. The van der Waals surface area contributed by atoms with Gasteiger partial charge in [0.15, 0.2) is 0 Å². The number of fused-ring (bicyclic) bond motifs is 1. The summed E-state index contributed by atoms with van der Waals surface area (Å²) in [5.41, 5.74) is 16.8. The van der Waals surface area contributed by atoms with Gasteiger partial charge in [-0.3, -0.25) is 10.2 Å². The van der Waals surface area contributed by atoms with E-state index in [2.05, 4.69) is 30.2 Å². The summed E-state index contributed by atoms with van der Waals surface area (Å²) < 4.78 is 2.22. The molecule has 0 fully saturated rings. The Morgan fingerprint density at radius 2 is 1.76 bits per heavy atom. The first-order valence-corrected chi connectivity index (χ1v) is 13.5. The van der Waals surface area contributed by atoms with Gasteiger partial charge in [0.25, 0.3) is 5.91 Å². The zero-order valence-electron chi connectivity index (χ0n) is 21.9. The number of aryl methyl sites for hydroxylation is 2. The Bertz CT molecular complexity index is 1410. The van der Waals surface area contributed by atoms with Gasteiger partial charge in [0, 0.05) is 42.1 Å². The van der Waals surface area contributed by atoms with Crippen LogP contribution in [0.3, 0.4) is 0 Å². The molecule has 3 aromatic carbocycles. The molecule has 7 nitrogen and oxygen atoms in total. The van der Waals surface area contributed by atoms with Crippen LogP contribution in [0.1, 0.15) is 52.6 Å². The molecule has 4 rings (SSSR count). The van der Waals surface area contributed by atoms with E-state index < -0.39 is 0 Å². The van der Waals surface area contributed by atoms with Gasteiger partial charge in [-0.05, 0) is 48.2 Å². The number of rotatable bonds is 12. The summed E-state index contributed by atoms with van der Waals surface area (Å²) in [7, 11) is 0. The van der Waals surface area contributed by atoms with Crippen LogP contribution in [0.5, 0.6) is 0 Å². The highest BCUT2D eigenvalue weighted by Crippen LogP contribution is 2.24. The standard InChI is InChI=1S/C30H36N6OS/c1-2-3-17-35(18-16-31)30(37)23-13-14-26-25(19-23)34-28(36(26)20-24-6-4-5-7-27(24)38)15-10-21-8-11-22(12-9-21)29(32)33/h4-9,11-14,19,38H,2-3,10,15-18,20,31H2,1H3,(H3,32,33). The molecule has 1 amide bonds. The van der Waals surface area contributed by atoms with Gasteiger partial charge in [-0.1, -0.05) is 55.8 Å². The highest BCUT2D eigenvalue weighted by Gasteiger charge is 2.18. The van der Waals surface area contributed by atoms with Gasteiger partial charge < -0.3 is 20.9 Å². The van der Waals surface area contributed by atoms with E-state index in [-0.39, 0.29) is 11.7 Å². The van der Waals surface area contributed by atoms with Crippen molar-refractivity contribution in [3.8, 4) is 0 Å². The van der Waals surface area contributed by atoms with E-state index in [4.69, 9.17) is 21.9 Å². The van der Waals surface area contributed by atoms with Crippen molar-refractivity contribution in [2.45, 2.75) is 44.0 Å². The van der Waals surface area contributed by atoms with Gasteiger partial charge >= 0.3 is 0 Å². The van der Waals surface area contributed by atoms with Crippen LogP contribution in [0, 0.1) is 5.41 Å². The van der Waals surface area contributed by atoms with Gasteiger partial charge in [0.1, 0.15) is 11.7 Å². The fraction of sp³-hybridized carbons (Fsp3) is 0.300. The number of hydrogen-bond acceptors (Lipinski definition) is 5. The number of benzene rings is 3. The molecule has 8 heteroatoms. The minimum absolute atomic E-state index is 0.00633. The SMILES string of the molecule is CCCCN(CCN)C(=O)c1ccc2c(c1)nc(CCc1ccc(C(=N)N)cc1)n2Cc1ccccc1S. The first-order valence-electron chi connectivity index (χ1n) is 13.1. The van der Waals surface area contributed by atoms with Crippen LogP contribution in [0.2, 0.25) is 0 Å². The van der Waals surface area contributed by atoms with Crippen molar-refractivity contribution >= 4 is 35.4 Å². The van der Waals surface area contributed by atoms with Crippen LogP contribution in [0.4, 0.5) is 0 Å². The average Bonchev–Trinajstić information content (AvgIpc) is 3.27. The number of amides is 1.